The molecule has 158 valence electrons. The molecule has 0 aliphatic rings. The van der Waals surface area contributed by atoms with Gasteiger partial charge in [0.05, 0.1) is 5.69 Å². The maximum Gasteiger partial charge on any atom is 0.191 e. The summed E-state index contributed by atoms with van der Waals surface area (Å²) in [5.41, 5.74) is 6.15. The van der Waals surface area contributed by atoms with Gasteiger partial charge in [0.1, 0.15) is 0 Å². The molecule has 6 nitrogen and oxygen atoms in total. The van der Waals surface area contributed by atoms with Crippen LogP contribution in [0.3, 0.4) is 0 Å². The fourth-order valence-electron chi connectivity index (χ4n) is 3.54. The maximum absolute atomic E-state index is 4.71. The number of aromatic nitrogens is 3. The number of aliphatic imine (C=N–C) groups is 1. The molecule has 2 heterocycles. The first-order valence-electron chi connectivity index (χ1n) is 10.2. The predicted molar refractivity (Wildman–Crippen MR) is 132 cm³/mol. The molecule has 0 fully saturated rings. The highest BCUT2D eigenvalue weighted by Gasteiger charge is 2.06. The van der Waals surface area contributed by atoms with E-state index in [9.17, 15) is 0 Å². The number of benzene rings is 1. The van der Waals surface area contributed by atoms with Gasteiger partial charge in [0, 0.05) is 49.0 Å². The average Bonchev–Trinajstić information content (AvgIpc) is 3.22. The first-order valence-corrected chi connectivity index (χ1v) is 10.2. The summed E-state index contributed by atoms with van der Waals surface area (Å²) in [7, 11) is 0. The second kappa shape index (κ2) is 11.2. The first kappa shape index (κ1) is 23.3. The van der Waals surface area contributed by atoms with E-state index in [1.165, 1.54) is 27.7 Å². The van der Waals surface area contributed by atoms with Crippen LogP contribution in [0.4, 0.5) is 0 Å². The number of aryl methyl sites for hydroxylation is 4. The van der Waals surface area contributed by atoms with E-state index >= 15 is 0 Å². The average molecular weight is 508 g/mol. The number of guanidine groups is 1. The zero-order valence-electron chi connectivity index (χ0n) is 17.9. The summed E-state index contributed by atoms with van der Waals surface area (Å²) in [6, 6.07) is 8.56. The Bertz CT molecular complexity index is 940. The standard InChI is InChI=1S/C22H32N6.HI/c1-5-23-22(24-11-7-13-28-18(4)14-17(3)27-28)25-12-10-19-15-26-21-16(2)8-6-9-20(19)21;/h6,8-9,14-15,26H,5,7,10-13H2,1-4H3,(H2,23,24,25);1H. The van der Waals surface area contributed by atoms with E-state index in [0.29, 0.717) is 0 Å². The number of hydrogen-bond acceptors (Lipinski definition) is 2. The first-order chi connectivity index (χ1) is 13.6. The van der Waals surface area contributed by atoms with Gasteiger partial charge in [0.15, 0.2) is 5.96 Å². The quantitative estimate of drug-likeness (QED) is 0.186. The van der Waals surface area contributed by atoms with E-state index in [2.05, 4.69) is 76.6 Å². The van der Waals surface area contributed by atoms with Gasteiger partial charge >= 0.3 is 0 Å². The van der Waals surface area contributed by atoms with Gasteiger partial charge in [-0.3, -0.25) is 9.67 Å². The lowest BCUT2D eigenvalue weighted by Gasteiger charge is -2.11. The van der Waals surface area contributed by atoms with Crippen molar-refractivity contribution < 1.29 is 0 Å². The fraction of sp³-hybridized carbons (Fsp3) is 0.455. The molecule has 0 aliphatic carbocycles. The normalized spacial score (nSPS) is 11.5. The van der Waals surface area contributed by atoms with Gasteiger partial charge in [0.2, 0.25) is 0 Å². The number of fused-ring (bicyclic) bond motifs is 1. The Labute approximate surface area is 190 Å². The number of H-pyrrole nitrogens is 1. The fourth-order valence-corrected chi connectivity index (χ4v) is 3.54. The van der Waals surface area contributed by atoms with Crippen LogP contribution in [0.25, 0.3) is 10.9 Å². The van der Waals surface area contributed by atoms with Crippen molar-refractivity contribution in [1.29, 1.82) is 0 Å². The molecule has 0 aliphatic heterocycles. The SMILES string of the molecule is CCNC(=NCCCn1nc(C)cc1C)NCCc1c[nH]c2c(C)cccc12.I. The molecule has 2 aromatic heterocycles. The summed E-state index contributed by atoms with van der Waals surface area (Å²) < 4.78 is 2.06. The van der Waals surface area contributed by atoms with Crippen molar-refractivity contribution in [1.82, 2.24) is 25.4 Å². The Morgan fingerprint density at radius 3 is 2.76 bits per heavy atom. The molecule has 0 saturated heterocycles. The Balaban J connectivity index is 0.00000300. The van der Waals surface area contributed by atoms with Crippen LogP contribution in [-0.4, -0.2) is 40.4 Å². The molecular formula is C22H33IN6. The number of para-hydroxylation sites is 1. The largest absolute Gasteiger partial charge is 0.361 e. The van der Waals surface area contributed by atoms with Crippen LogP contribution in [-0.2, 0) is 13.0 Å². The Hall–Kier alpha value is -2.03. The van der Waals surface area contributed by atoms with Crippen LogP contribution in [0, 0.1) is 20.8 Å². The van der Waals surface area contributed by atoms with E-state index in [1.807, 2.05) is 6.92 Å². The predicted octanol–water partition coefficient (Wildman–Crippen LogP) is 4.10. The molecule has 3 aromatic rings. The van der Waals surface area contributed by atoms with Crippen molar-refractivity contribution >= 4 is 40.8 Å². The van der Waals surface area contributed by atoms with E-state index in [-0.39, 0.29) is 24.0 Å². The molecule has 0 amide bonds. The minimum Gasteiger partial charge on any atom is -0.361 e. The zero-order valence-corrected chi connectivity index (χ0v) is 20.2. The summed E-state index contributed by atoms with van der Waals surface area (Å²) in [5, 5.41) is 12.6. The smallest absolute Gasteiger partial charge is 0.191 e. The van der Waals surface area contributed by atoms with Crippen molar-refractivity contribution in [3.8, 4) is 0 Å². The Morgan fingerprint density at radius 2 is 2.03 bits per heavy atom. The molecule has 0 atom stereocenters. The Kier molecular flexibility index (Phi) is 9.00. The van der Waals surface area contributed by atoms with Gasteiger partial charge in [-0.1, -0.05) is 18.2 Å². The number of rotatable bonds is 8. The molecule has 1 aromatic carbocycles. The summed E-state index contributed by atoms with van der Waals surface area (Å²) >= 11 is 0. The molecule has 3 N–H and O–H groups in total. The molecule has 0 unspecified atom stereocenters. The second-order valence-corrected chi connectivity index (χ2v) is 7.25. The maximum atomic E-state index is 4.71. The lowest BCUT2D eigenvalue weighted by Crippen LogP contribution is -2.38. The lowest BCUT2D eigenvalue weighted by molar-refractivity contribution is 0.567. The van der Waals surface area contributed by atoms with E-state index in [1.54, 1.807) is 0 Å². The molecule has 0 spiro atoms. The van der Waals surface area contributed by atoms with Crippen molar-refractivity contribution in [2.45, 2.75) is 47.1 Å². The van der Waals surface area contributed by atoms with Gasteiger partial charge in [0.25, 0.3) is 0 Å². The topological polar surface area (TPSA) is 70.0 Å². The van der Waals surface area contributed by atoms with Gasteiger partial charge in [-0.15, -0.1) is 24.0 Å². The van der Waals surface area contributed by atoms with Gasteiger partial charge in [-0.2, -0.15) is 5.10 Å². The highest BCUT2D eigenvalue weighted by atomic mass is 127. The summed E-state index contributed by atoms with van der Waals surface area (Å²) in [5.74, 6) is 0.881. The minimum atomic E-state index is 0. The minimum absolute atomic E-state index is 0. The van der Waals surface area contributed by atoms with Crippen LogP contribution in [0.1, 0.15) is 35.9 Å². The van der Waals surface area contributed by atoms with Gasteiger partial charge in [-0.05, 0) is 57.7 Å². The monoisotopic (exact) mass is 508 g/mol. The molecule has 3 rings (SSSR count). The highest BCUT2D eigenvalue weighted by Crippen LogP contribution is 2.21. The number of nitrogens with one attached hydrogen (secondary N) is 3. The van der Waals surface area contributed by atoms with E-state index in [0.717, 1.165) is 50.7 Å². The third-order valence-electron chi connectivity index (χ3n) is 4.94. The summed E-state index contributed by atoms with van der Waals surface area (Å²) in [6.45, 7) is 11.8. The van der Waals surface area contributed by atoms with Crippen molar-refractivity contribution in [3.63, 3.8) is 0 Å². The number of hydrogen-bond donors (Lipinski definition) is 3. The number of halogens is 1. The summed E-state index contributed by atoms with van der Waals surface area (Å²) in [6.07, 6.45) is 4.05. The third kappa shape index (κ3) is 6.22. The van der Waals surface area contributed by atoms with Crippen LogP contribution < -0.4 is 10.6 Å². The third-order valence-corrected chi connectivity index (χ3v) is 4.94. The van der Waals surface area contributed by atoms with Crippen molar-refractivity contribution in [2.24, 2.45) is 4.99 Å². The molecule has 29 heavy (non-hydrogen) atoms. The highest BCUT2D eigenvalue weighted by molar-refractivity contribution is 14.0. The van der Waals surface area contributed by atoms with Crippen molar-refractivity contribution in [3.05, 3.63) is 53.0 Å². The van der Waals surface area contributed by atoms with E-state index < -0.39 is 0 Å². The molecular weight excluding hydrogens is 475 g/mol. The lowest BCUT2D eigenvalue weighted by atomic mass is 10.1. The molecule has 7 heteroatoms. The molecule has 0 radical (unpaired) electrons. The van der Waals surface area contributed by atoms with Gasteiger partial charge < -0.3 is 15.6 Å². The van der Waals surface area contributed by atoms with Crippen molar-refractivity contribution in [2.75, 3.05) is 19.6 Å². The Morgan fingerprint density at radius 1 is 1.21 bits per heavy atom. The molecule has 0 bridgehead atoms. The van der Waals surface area contributed by atoms with Gasteiger partial charge in [-0.25, -0.2) is 0 Å². The van der Waals surface area contributed by atoms with Crippen LogP contribution in [0.15, 0.2) is 35.5 Å². The van der Waals surface area contributed by atoms with Crippen LogP contribution in [0.5, 0.6) is 0 Å². The number of aromatic amines is 1. The second-order valence-electron chi connectivity index (χ2n) is 7.25. The number of nitrogens with zero attached hydrogens (tertiary/aromatic N) is 3. The molecule has 0 saturated carbocycles. The van der Waals surface area contributed by atoms with Crippen LogP contribution in [0.2, 0.25) is 0 Å². The zero-order chi connectivity index (χ0) is 19.9. The van der Waals surface area contributed by atoms with E-state index in [4.69, 9.17) is 4.99 Å². The van der Waals surface area contributed by atoms with Crippen LogP contribution >= 0.6 is 24.0 Å². The summed E-state index contributed by atoms with van der Waals surface area (Å²) in [4.78, 5) is 8.11.